The van der Waals surface area contributed by atoms with Crippen molar-refractivity contribution in [1.82, 2.24) is 20.3 Å². The van der Waals surface area contributed by atoms with Gasteiger partial charge >= 0.3 is 5.97 Å². The minimum atomic E-state index is -0.867. The molecule has 0 bridgehead atoms. The predicted octanol–water partition coefficient (Wildman–Crippen LogP) is 4.42. The summed E-state index contributed by atoms with van der Waals surface area (Å²) in [5, 5.41) is 14.3. The number of hydrogen-bond donors (Lipinski definition) is 2. The number of halogens is 1. The number of piperazine rings is 1. The highest BCUT2D eigenvalue weighted by Gasteiger charge is 2.21. The van der Waals surface area contributed by atoms with Crippen LogP contribution in [0.2, 0.25) is 5.02 Å². The van der Waals surface area contributed by atoms with Crippen molar-refractivity contribution in [2.24, 2.45) is 0 Å². The fourth-order valence-electron chi connectivity index (χ4n) is 4.13. The Morgan fingerprint density at radius 2 is 1.94 bits per heavy atom. The molecule has 4 aromatic rings. The van der Waals surface area contributed by atoms with Crippen LogP contribution in [-0.2, 0) is 11.2 Å². The van der Waals surface area contributed by atoms with Gasteiger partial charge in [0.05, 0.1) is 16.6 Å². The second kappa shape index (κ2) is 9.05. The maximum Gasteiger partial charge on any atom is 0.307 e. The molecule has 0 saturated carbocycles. The molecule has 1 aliphatic heterocycles. The predicted molar refractivity (Wildman–Crippen MR) is 132 cm³/mol. The molecule has 2 aromatic carbocycles. The van der Waals surface area contributed by atoms with Gasteiger partial charge in [0.15, 0.2) is 0 Å². The molecular weight excluding hydrogens is 458 g/mol. The summed E-state index contributed by atoms with van der Waals surface area (Å²) in [6.07, 6.45) is 1.71. The molecule has 1 saturated heterocycles. The minimum absolute atomic E-state index is 0.0619. The fourth-order valence-corrected chi connectivity index (χ4v) is 5.36. The molecule has 9 heteroatoms. The van der Waals surface area contributed by atoms with Gasteiger partial charge in [0, 0.05) is 43.0 Å². The molecule has 0 aliphatic carbocycles. The SMILES string of the molecule is Cc1cc2nc(-c3ccnc(N4CCNCC4)n3)sc2c(-c2ccc(Cl)cc2)c1CC(=O)O. The second-order valence-corrected chi connectivity index (χ2v) is 9.41. The van der Waals surface area contributed by atoms with Crippen molar-refractivity contribution < 1.29 is 9.90 Å². The van der Waals surface area contributed by atoms with Gasteiger partial charge < -0.3 is 15.3 Å². The Balaban J connectivity index is 1.65. The van der Waals surface area contributed by atoms with Crippen LogP contribution in [0.4, 0.5) is 5.95 Å². The smallest absolute Gasteiger partial charge is 0.307 e. The molecular formula is C24H22ClN5O2S. The first-order valence-electron chi connectivity index (χ1n) is 10.7. The number of aliphatic carboxylic acids is 1. The number of carbonyl (C=O) groups is 1. The second-order valence-electron chi connectivity index (χ2n) is 7.97. The quantitative estimate of drug-likeness (QED) is 0.437. The maximum absolute atomic E-state index is 11.6. The number of carboxylic acid groups (broad SMARTS) is 1. The Kier molecular flexibility index (Phi) is 5.97. The van der Waals surface area contributed by atoms with Gasteiger partial charge in [0.25, 0.3) is 0 Å². The number of hydrogen-bond acceptors (Lipinski definition) is 7. The third-order valence-corrected chi connectivity index (χ3v) is 7.10. The molecule has 2 N–H and O–H groups in total. The lowest BCUT2D eigenvalue weighted by Crippen LogP contribution is -2.44. The van der Waals surface area contributed by atoms with Crippen LogP contribution in [0.15, 0.2) is 42.6 Å². The lowest BCUT2D eigenvalue weighted by Gasteiger charge is -2.27. The third kappa shape index (κ3) is 4.42. The van der Waals surface area contributed by atoms with E-state index in [1.807, 2.05) is 43.3 Å². The number of carboxylic acids is 1. The van der Waals surface area contributed by atoms with E-state index in [0.29, 0.717) is 11.0 Å². The van der Waals surface area contributed by atoms with E-state index in [0.717, 1.165) is 69.4 Å². The van der Waals surface area contributed by atoms with E-state index in [9.17, 15) is 9.90 Å². The highest BCUT2D eigenvalue weighted by molar-refractivity contribution is 7.22. The molecule has 1 aliphatic rings. The molecule has 0 unspecified atom stereocenters. The van der Waals surface area contributed by atoms with Crippen molar-refractivity contribution in [2.75, 3.05) is 31.1 Å². The number of benzene rings is 2. The van der Waals surface area contributed by atoms with Crippen molar-refractivity contribution in [3.8, 4) is 21.8 Å². The highest BCUT2D eigenvalue weighted by Crippen LogP contribution is 2.40. The average molecular weight is 480 g/mol. The van der Waals surface area contributed by atoms with E-state index in [4.69, 9.17) is 21.6 Å². The summed E-state index contributed by atoms with van der Waals surface area (Å²) < 4.78 is 0.941. The summed E-state index contributed by atoms with van der Waals surface area (Å²) in [7, 11) is 0. The minimum Gasteiger partial charge on any atom is -0.481 e. The van der Waals surface area contributed by atoms with Crippen molar-refractivity contribution in [3.63, 3.8) is 0 Å². The topological polar surface area (TPSA) is 91.2 Å². The Hall–Kier alpha value is -3.07. The molecule has 1 fully saturated rings. The van der Waals surface area contributed by atoms with Crippen LogP contribution in [0.25, 0.3) is 32.0 Å². The number of anilines is 1. The number of aromatic nitrogens is 3. The van der Waals surface area contributed by atoms with Crippen LogP contribution < -0.4 is 10.2 Å². The van der Waals surface area contributed by atoms with Crippen LogP contribution in [0.3, 0.4) is 0 Å². The molecule has 0 spiro atoms. The Bertz CT molecular complexity index is 1330. The van der Waals surface area contributed by atoms with Gasteiger partial charge in [-0.3, -0.25) is 4.79 Å². The van der Waals surface area contributed by atoms with Gasteiger partial charge in [-0.05, 0) is 47.9 Å². The van der Waals surface area contributed by atoms with Crippen molar-refractivity contribution in [1.29, 1.82) is 0 Å². The standard InChI is InChI=1S/C24H22ClN5O2S/c1-14-12-19-22(21(17(14)13-20(31)32)15-2-4-16(25)5-3-15)33-23(28-19)18-6-7-27-24(29-18)30-10-8-26-9-11-30/h2-7,12,26H,8-11,13H2,1H3,(H,31,32). The Labute approximate surface area is 200 Å². The van der Waals surface area contributed by atoms with E-state index in [1.165, 1.54) is 11.3 Å². The Morgan fingerprint density at radius 3 is 2.67 bits per heavy atom. The molecule has 5 rings (SSSR count). The number of nitrogens with zero attached hydrogens (tertiary/aromatic N) is 4. The molecule has 0 radical (unpaired) electrons. The summed E-state index contributed by atoms with van der Waals surface area (Å²) in [4.78, 5) is 28.0. The summed E-state index contributed by atoms with van der Waals surface area (Å²) in [6.45, 7) is 5.47. The molecule has 2 aromatic heterocycles. The summed E-state index contributed by atoms with van der Waals surface area (Å²) in [5.74, 6) is -0.164. The normalized spacial score (nSPS) is 14.1. The van der Waals surface area contributed by atoms with E-state index in [2.05, 4.69) is 15.2 Å². The number of rotatable bonds is 5. The van der Waals surface area contributed by atoms with Crippen LogP contribution in [0, 0.1) is 6.92 Å². The van der Waals surface area contributed by atoms with Gasteiger partial charge in [-0.1, -0.05) is 23.7 Å². The van der Waals surface area contributed by atoms with Crippen LogP contribution in [0.5, 0.6) is 0 Å². The highest BCUT2D eigenvalue weighted by atomic mass is 35.5. The summed E-state index contributed by atoms with van der Waals surface area (Å²) >= 11 is 7.63. The lowest BCUT2D eigenvalue weighted by atomic mass is 9.93. The third-order valence-electron chi connectivity index (χ3n) is 5.73. The van der Waals surface area contributed by atoms with Gasteiger partial charge in [-0.15, -0.1) is 11.3 Å². The average Bonchev–Trinajstić information content (AvgIpc) is 3.24. The first kappa shape index (κ1) is 21.8. The van der Waals surface area contributed by atoms with Gasteiger partial charge in [0.2, 0.25) is 5.95 Å². The number of fused-ring (bicyclic) bond motifs is 1. The number of aryl methyl sites for hydroxylation is 1. The van der Waals surface area contributed by atoms with E-state index >= 15 is 0 Å². The van der Waals surface area contributed by atoms with Crippen molar-refractivity contribution in [2.45, 2.75) is 13.3 Å². The maximum atomic E-state index is 11.6. The zero-order chi connectivity index (χ0) is 22.9. The molecule has 7 nitrogen and oxygen atoms in total. The summed E-state index contributed by atoms with van der Waals surface area (Å²) in [6, 6.07) is 11.3. The van der Waals surface area contributed by atoms with Gasteiger partial charge in [-0.2, -0.15) is 0 Å². The molecule has 0 atom stereocenters. The Morgan fingerprint density at radius 1 is 1.18 bits per heavy atom. The molecule has 3 heterocycles. The largest absolute Gasteiger partial charge is 0.481 e. The fraction of sp³-hybridized carbons (Fsp3) is 0.250. The number of nitrogens with one attached hydrogen (secondary N) is 1. The molecule has 33 heavy (non-hydrogen) atoms. The number of thiazole rings is 1. The van der Waals surface area contributed by atoms with Crippen LogP contribution in [-0.4, -0.2) is 52.2 Å². The molecule has 168 valence electrons. The lowest BCUT2D eigenvalue weighted by molar-refractivity contribution is -0.136. The first-order valence-corrected chi connectivity index (χ1v) is 11.9. The van der Waals surface area contributed by atoms with Crippen LogP contribution in [0.1, 0.15) is 11.1 Å². The van der Waals surface area contributed by atoms with Crippen molar-refractivity contribution >= 4 is 45.1 Å². The zero-order valence-corrected chi connectivity index (χ0v) is 19.6. The first-order chi connectivity index (χ1) is 16.0. The summed E-state index contributed by atoms with van der Waals surface area (Å²) in [5.41, 5.74) is 5.09. The van der Waals surface area contributed by atoms with Crippen LogP contribution >= 0.6 is 22.9 Å². The van der Waals surface area contributed by atoms with E-state index in [-0.39, 0.29) is 6.42 Å². The van der Waals surface area contributed by atoms with E-state index in [1.54, 1.807) is 6.20 Å². The monoisotopic (exact) mass is 479 g/mol. The zero-order valence-electron chi connectivity index (χ0n) is 18.0. The van der Waals surface area contributed by atoms with Gasteiger partial charge in [-0.25, -0.2) is 15.0 Å². The van der Waals surface area contributed by atoms with Crippen molar-refractivity contribution in [3.05, 3.63) is 58.7 Å². The van der Waals surface area contributed by atoms with E-state index < -0.39 is 5.97 Å². The molecule has 0 amide bonds. The van der Waals surface area contributed by atoms with Gasteiger partial charge in [0.1, 0.15) is 10.7 Å².